The third-order valence-corrected chi connectivity index (χ3v) is 3.07. The van der Waals surface area contributed by atoms with Gasteiger partial charge in [-0.3, -0.25) is 0 Å². The normalized spacial score (nSPS) is 9.80. The van der Waals surface area contributed by atoms with Gasteiger partial charge in [-0.1, -0.05) is 23.2 Å². The molecule has 0 bridgehead atoms. The molecule has 20 heavy (non-hydrogen) atoms. The van der Waals surface area contributed by atoms with Crippen molar-refractivity contribution < 1.29 is 0 Å². The monoisotopic (exact) mass is 304 g/mol. The van der Waals surface area contributed by atoms with Crippen LogP contribution in [0.15, 0.2) is 12.1 Å². The van der Waals surface area contributed by atoms with E-state index in [-0.39, 0.29) is 44.2 Å². The fourth-order valence-corrected chi connectivity index (χ4v) is 2.32. The van der Waals surface area contributed by atoms with E-state index in [1.807, 2.05) is 12.1 Å². The number of nitrogen functional groups attached to an aromatic ring is 2. The number of nitriles is 2. The summed E-state index contributed by atoms with van der Waals surface area (Å²) in [6.07, 6.45) is 0. The van der Waals surface area contributed by atoms with Gasteiger partial charge in [0.1, 0.15) is 17.5 Å². The zero-order chi connectivity index (χ0) is 14.9. The predicted molar refractivity (Wildman–Crippen MR) is 75.7 cm³/mol. The molecule has 98 valence electrons. The van der Waals surface area contributed by atoms with Crippen molar-refractivity contribution in [2.75, 3.05) is 11.5 Å². The summed E-state index contributed by atoms with van der Waals surface area (Å²) in [5.41, 5.74) is 11.9. The van der Waals surface area contributed by atoms with Gasteiger partial charge < -0.3 is 11.5 Å². The molecule has 1 aromatic heterocycles. The Morgan fingerprint density at radius 2 is 1.60 bits per heavy atom. The minimum atomic E-state index is -0.104. The maximum Gasteiger partial charge on any atom is 0.222 e. The quantitative estimate of drug-likeness (QED) is 0.833. The van der Waals surface area contributed by atoms with Crippen LogP contribution < -0.4 is 11.5 Å². The average Bonchev–Trinajstić information content (AvgIpc) is 2.37. The van der Waals surface area contributed by atoms with Crippen LogP contribution in [-0.2, 0) is 0 Å². The molecule has 0 spiro atoms. The lowest BCUT2D eigenvalue weighted by molar-refractivity contribution is 1.18. The summed E-state index contributed by atoms with van der Waals surface area (Å²) >= 11 is 12.2. The maximum absolute atomic E-state index is 9.14. The molecule has 0 unspecified atom stereocenters. The molecule has 0 aliphatic heterocycles. The molecule has 6 nitrogen and oxygen atoms in total. The van der Waals surface area contributed by atoms with Crippen LogP contribution in [0.1, 0.15) is 11.1 Å². The molecule has 4 N–H and O–H groups in total. The molecular weight excluding hydrogens is 299 g/mol. The van der Waals surface area contributed by atoms with Crippen molar-refractivity contribution in [2.45, 2.75) is 0 Å². The third-order valence-electron chi connectivity index (χ3n) is 2.47. The molecule has 0 saturated heterocycles. The SMILES string of the molecule is N#Cc1cc(Cl)c(-c2nc(N)nc(N)c2C#N)c(Cl)c1. The van der Waals surface area contributed by atoms with Gasteiger partial charge in [0, 0.05) is 5.56 Å². The second kappa shape index (κ2) is 5.22. The average molecular weight is 305 g/mol. The van der Waals surface area contributed by atoms with Crippen molar-refractivity contribution in [3.05, 3.63) is 33.3 Å². The molecule has 0 aliphatic carbocycles. The van der Waals surface area contributed by atoms with Gasteiger partial charge in [0.2, 0.25) is 5.95 Å². The number of aromatic nitrogens is 2. The first-order chi connectivity index (χ1) is 9.47. The Labute approximate surface area is 124 Å². The summed E-state index contributed by atoms with van der Waals surface area (Å²) < 4.78 is 0. The second-order valence-electron chi connectivity index (χ2n) is 3.73. The molecule has 0 saturated carbocycles. The van der Waals surface area contributed by atoms with Gasteiger partial charge in [-0.25, -0.2) is 4.98 Å². The minimum absolute atomic E-state index is 0.0210. The topological polar surface area (TPSA) is 125 Å². The summed E-state index contributed by atoms with van der Waals surface area (Å²) in [6, 6.07) is 6.64. The Morgan fingerprint density at radius 3 is 2.10 bits per heavy atom. The molecule has 8 heteroatoms. The van der Waals surface area contributed by atoms with E-state index in [4.69, 9.17) is 45.2 Å². The van der Waals surface area contributed by atoms with Gasteiger partial charge >= 0.3 is 0 Å². The lowest BCUT2D eigenvalue weighted by Gasteiger charge is -2.10. The van der Waals surface area contributed by atoms with E-state index in [1.165, 1.54) is 12.1 Å². The molecule has 0 fully saturated rings. The smallest absolute Gasteiger partial charge is 0.222 e. The van der Waals surface area contributed by atoms with Gasteiger partial charge in [0.05, 0.1) is 27.4 Å². The Balaban J connectivity index is 2.83. The van der Waals surface area contributed by atoms with E-state index >= 15 is 0 Å². The van der Waals surface area contributed by atoms with Crippen LogP contribution in [0.2, 0.25) is 10.0 Å². The summed E-state index contributed by atoms with van der Waals surface area (Å²) in [5, 5.41) is 18.3. The molecule has 0 radical (unpaired) electrons. The first-order valence-electron chi connectivity index (χ1n) is 5.20. The lowest BCUT2D eigenvalue weighted by Crippen LogP contribution is -2.05. The highest BCUT2D eigenvalue weighted by atomic mass is 35.5. The van der Waals surface area contributed by atoms with Crippen molar-refractivity contribution in [1.29, 1.82) is 10.5 Å². The molecule has 2 rings (SSSR count). The lowest BCUT2D eigenvalue weighted by atomic mass is 10.0. The van der Waals surface area contributed by atoms with Gasteiger partial charge in [0.25, 0.3) is 0 Å². The predicted octanol–water partition coefficient (Wildman–Crippen LogP) is 2.36. The van der Waals surface area contributed by atoms with Crippen LogP contribution in [0.5, 0.6) is 0 Å². The van der Waals surface area contributed by atoms with Crippen LogP contribution in [-0.4, -0.2) is 9.97 Å². The van der Waals surface area contributed by atoms with E-state index in [0.29, 0.717) is 0 Å². The highest BCUT2D eigenvalue weighted by molar-refractivity contribution is 6.39. The number of rotatable bonds is 1. The van der Waals surface area contributed by atoms with Crippen molar-refractivity contribution in [3.8, 4) is 23.4 Å². The van der Waals surface area contributed by atoms with Crippen LogP contribution >= 0.6 is 23.2 Å². The molecule has 0 atom stereocenters. The number of nitrogens with zero attached hydrogens (tertiary/aromatic N) is 4. The first kappa shape index (κ1) is 13.9. The largest absolute Gasteiger partial charge is 0.382 e. The van der Waals surface area contributed by atoms with E-state index in [1.54, 1.807) is 0 Å². The summed E-state index contributed by atoms with van der Waals surface area (Å²) in [7, 11) is 0. The molecule has 1 heterocycles. The molecule has 2 aromatic rings. The van der Waals surface area contributed by atoms with Crippen LogP contribution in [0, 0.1) is 22.7 Å². The van der Waals surface area contributed by atoms with Crippen molar-refractivity contribution >= 4 is 35.0 Å². The number of halogens is 2. The number of anilines is 2. The van der Waals surface area contributed by atoms with Gasteiger partial charge in [-0.15, -0.1) is 0 Å². The molecule has 1 aromatic carbocycles. The number of hydrogen-bond donors (Lipinski definition) is 2. The Morgan fingerprint density at radius 1 is 1.00 bits per heavy atom. The fourth-order valence-electron chi connectivity index (χ4n) is 1.65. The highest BCUT2D eigenvalue weighted by Gasteiger charge is 2.19. The highest BCUT2D eigenvalue weighted by Crippen LogP contribution is 2.37. The van der Waals surface area contributed by atoms with E-state index in [0.717, 1.165) is 0 Å². The summed E-state index contributed by atoms with van der Waals surface area (Å²) in [5.74, 6) is -0.167. The Hall–Kier alpha value is -2.54. The summed E-state index contributed by atoms with van der Waals surface area (Å²) in [4.78, 5) is 7.67. The number of hydrogen-bond acceptors (Lipinski definition) is 6. The Kier molecular flexibility index (Phi) is 3.62. The molecule has 0 aliphatic rings. The summed E-state index contributed by atoms with van der Waals surface area (Å²) in [6.45, 7) is 0. The standard InChI is InChI=1S/C12H6Cl2N6/c13-7-1-5(3-15)2-8(14)9(7)10-6(4-16)11(17)20-12(18)19-10/h1-2H,(H4,17,18,19,20). The maximum atomic E-state index is 9.14. The van der Waals surface area contributed by atoms with Gasteiger partial charge in [-0.05, 0) is 12.1 Å². The van der Waals surface area contributed by atoms with Crippen molar-refractivity contribution in [1.82, 2.24) is 9.97 Å². The first-order valence-corrected chi connectivity index (χ1v) is 5.96. The fraction of sp³-hybridized carbons (Fsp3) is 0. The van der Waals surface area contributed by atoms with Crippen LogP contribution in [0.4, 0.5) is 11.8 Å². The van der Waals surface area contributed by atoms with Gasteiger partial charge in [-0.2, -0.15) is 15.5 Å². The minimum Gasteiger partial charge on any atom is -0.382 e. The zero-order valence-electron chi connectivity index (χ0n) is 9.85. The molecular formula is C12H6Cl2N6. The van der Waals surface area contributed by atoms with E-state index < -0.39 is 0 Å². The second-order valence-corrected chi connectivity index (χ2v) is 4.54. The third kappa shape index (κ3) is 2.30. The Bertz CT molecular complexity index is 765. The van der Waals surface area contributed by atoms with Crippen molar-refractivity contribution in [3.63, 3.8) is 0 Å². The van der Waals surface area contributed by atoms with Gasteiger partial charge in [0.15, 0.2) is 0 Å². The molecule has 0 amide bonds. The van der Waals surface area contributed by atoms with E-state index in [9.17, 15) is 0 Å². The zero-order valence-corrected chi connectivity index (χ0v) is 11.4. The van der Waals surface area contributed by atoms with E-state index in [2.05, 4.69) is 9.97 Å². The van der Waals surface area contributed by atoms with Crippen LogP contribution in [0.3, 0.4) is 0 Å². The number of benzene rings is 1. The van der Waals surface area contributed by atoms with Crippen molar-refractivity contribution in [2.24, 2.45) is 0 Å². The van der Waals surface area contributed by atoms with Crippen LogP contribution in [0.25, 0.3) is 11.3 Å². The number of nitrogens with two attached hydrogens (primary N) is 2.